The minimum atomic E-state index is -10.7. The van der Waals surface area contributed by atoms with Crippen LogP contribution in [0.25, 0.3) is 0 Å². The predicted octanol–water partition coefficient (Wildman–Crippen LogP) is 6.62. The molecule has 17 heavy (non-hydrogen) atoms. The third-order valence-electron chi connectivity index (χ3n) is 1.44. The van der Waals surface area contributed by atoms with Gasteiger partial charge in [-0.05, 0) is 12.8 Å². The topological polar surface area (TPSA) is 3.24 Å². The van der Waals surface area contributed by atoms with E-state index in [0.717, 1.165) is 0 Å². The standard InChI is InChI=1S/C4H7ClF3NP.F6P/c5-4-2-1-3-9(4)10(6,7)8;1-7(2,3,4,5)6/h4H,1-3H2;/q+1;-1. The summed E-state index contributed by atoms with van der Waals surface area (Å²) < 4.78 is 95.6. The monoisotopic (exact) mass is 337 g/mol. The third-order valence-corrected chi connectivity index (χ3v) is 3.10. The molecule has 0 bridgehead atoms. The number of hydrogen-bond acceptors (Lipinski definition) is 1. The molecule has 1 fully saturated rings. The quantitative estimate of drug-likeness (QED) is 0.225. The Bertz CT molecular complexity index is 257. The van der Waals surface area contributed by atoms with E-state index in [4.69, 9.17) is 11.6 Å². The molecule has 0 aromatic carbocycles. The van der Waals surface area contributed by atoms with Crippen molar-refractivity contribution < 1.29 is 37.8 Å². The molecule has 0 N–H and O–H groups in total. The van der Waals surface area contributed by atoms with Gasteiger partial charge in [-0.15, -0.1) is 11.6 Å². The van der Waals surface area contributed by atoms with Crippen molar-refractivity contribution in [3.63, 3.8) is 0 Å². The molecule has 0 saturated carbocycles. The Morgan fingerprint density at radius 2 is 1.35 bits per heavy atom. The first-order valence-electron chi connectivity index (χ1n) is 3.92. The number of hydrogen-bond donors (Lipinski definition) is 0. The van der Waals surface area contributed by atoms with Gasteiger partial charge in [0.05, 0.1) is 0 Å². The molecule has 1 saturated heterocycles. The summed E-state index contributed by atoms with van der Waals surface area (Å²) in [5, 5.41) is 0. The van der Waals surface area contributed by atoms with Crippen LogP contribution in [0.1, 0.15) is 12.8 Å². The maximum absolute atomic E-state index is 12.0. The molecule has 0 spiro atoms. The van der Waals surface area contributed by atoms with Gasteiger partial charge in [0.15, 0.2) is 0 Å². The van der Waals surface area contributed by atoms with E-state index in [9.17, 15) is 37.8 Å². The zero-order valence-electron chi connectivity index (χ0n) is 7.82. The van der Waals surface area contributed by atoms with Gasteiger partial charge in [-0.1, -0.05) is 4.67 Å². The van der Waals surface area contributed by atoms with Gasteiger partial charge in [0.1, 0.15) is 5.50 Å². The Hall–Kier alpha value is 0.480. The average Bonchev–Trinajstić information content (AvgIpc) is 2.24. The van der Waals surface area contributed by atoms with Crippen LogP contribution in [0, 0.1) is 0 Å². The van der Waals surface area contributed by atoms with Crippen LogP contribution < -0.4 is 0 Å². The molecule has 13 heteroatoms. The van der Waals surface area contributed by atoms with E-state index in [1.165, 1.54) is 0 Å². The van der Waals surface area contributed by atoms with Gasteiger partial charge in [-0.3, -0.25) is 0 Å². The van der Waals surface area contributed by atoms with E-state index in [2.05, 4.69) is 0 Å². The molecule has 1 aliphatic rings. The summed E-state index contributed by atoms with van der Waals surface area (Å²) in [6.45, 7) is 0.0887. The Kier molecular flexibility index (Phi) is 4.37. The van der Waals surface area contributed by atoms with Crippen LogP contribution in [-0.4, -0.2) is 16.7 Å². The first-order valence-corrected chi connectivity index (χ1v) is 7.80. The summed E-state index contributed by atoms with van der Waals surface area (Å²) in [5.74, 6) is 0. The molecule has 0 aliphatic carbocycles. The summed E-state index contributed by atoms with van der Waals surface area (Å²) in [4.78, 5) is 0. The molecule has 0 radical (unpaired) electrons. The van der Waals surface area contributed by atoms with E-state index >= 15 is 0 Å². The van der Waals surface area contributed by atoms with Gasteiger partial charge >= 0.3 is 41.3 Å². The number of rotatable bonds is 1. The van der Waals surface area contributed by atoms with Crippen molar-refractivity contribution in [3.05, 3.63) is 0 Å². The van der Waals surface area contributed by atoms with Crippen molar-refractivity contribution in [2.75, 3.05) is 6.54 Å². The summed E-state index contributed by atoms with van der Waals surface area (Å²) in [5.41, 5.74) is -0.798. The normalized spacial score (nSPS) is 26.8. The van der Waals surface area contributed by atoms with Crippen molar-refractivity contribution in [1.82, 2.24) is 4.67 Å². The zero-order chi connectivity index (χ0) is 14.2. The van der Waals surface area contributed by atoms with Crippen LogP contribution >= 0.6 is 27.8 Å². The van der Waals surface area contributed by atoms with Crippen molar-refractivity contribution in [1.29, 1.82) is 0 Å². The van der Waals surface area contributed by atoms with Gasteiger partial charge in [-0.25, -0.2) is 0 Å². The fraction of sp³-hybridized carbons (Fsp3) is 1.00. The fourth-order valence-electron chi connectivity index (χ4n) is 0.966. The van der Waals surface area contributed by atoms with Gasteiger partial charge < -0.3 is 0 Å². The summed E-state index contributed by atoms with van der Waals surface area (Å²) in [6, 6.07) is 0. The SMILES string of the molecule is F[P+](F)(F)N1CCCC1Cl.F[P-](F)(F)(F)(F)F. The molecule has 1 unspecified atom stereocenters. The Balaban J connectivity index is 0.000000325. The minimum absolute atomic E-state index is 0.0887. The van der Waals surface area contributed by atoms with Crippen molar-refractivity contribution in [2.45, 2.75) is 18.3 Å². The number of alkyl halides is 1. The molecule has 0 aromatic heterocycles. The molecule has 1 nitrogen and oxygen atoms in total. The van der Waals surface area contributed by atoms with E-state index in [0.29, 0.717) is 17.5 Å². The maximum atomic E-state index is 12.0. The number of nitrogens with zero attached hydrogens (tertiary/aromatic N) is 1. The fourth-order valence-corrected chi connectivity index (χ4v) is 2.28. The van der Waals surface area contributed by atoms with Gasteiger partial charge in [-0.2, -0.15) is 0 Å². The molecule has 1 aliphatic heterocycles. The molecule has 0 aromatic rings. The Morgan fingerprint density at radius 1 is 1.00 bits per heavy atom. The first-order chi connectivity index (χ1) is 6.97. The second kappa shape index (κ2) is 4.25. The molecule has 1 atom stereocenters. The summed E-state index contributed by atoms with van der Waals surface area (Å²) >= 11 is 5.40. The van der Waals surface area contributed by atoms with Crippen molar-refractivity contribution >= 4 is 27.8 Å². The molecule has 0 amide bonds. The van der Waals surface area contributed by atoms with Crippen LogP contribution in [0.2, 0.25) is 0 Å². The van der Waals surface area contributed by atoms with Gasteiger partial charge in [0, 0.05) is 19.1 Å². The molecule has 1 rings (SSSR count). The van der Waals surface area contributed by atoms with Crippen LogP contribution in [0.5, 0.6) is 0 Å². The summed E-state index contributed by atoms with van der Waals surface area (Å²) in [6.07, 6.45) is 1.02. The van der Waals surface area contributed by atoms with E-state index < -0.39 is 21.7 Å². The van der Waals surface area contributed by atoms with Crippen molar-refractivity contribution in [3.8, 4) is 0 Å². The number of halogens is 10. The Labute approximate surface area is 95.9 Å². The molecule has 108 valence electrons. The van der Waals surface area contributed by atoms with Crippen molar-refractivity contribution in [2.24, 2.45) is 0 Å². The zero-order valence-corrected chi connectivity index (χ0v) is 10.4. The average molecular weight is 337 g/mol. The third kappa shape index (κ3) is 12.7. The molecular weight excluding hydrogens is 330 g/mol. The first kappa shape index (κ1) is 17.5. The van der Waals surface area contributed by atoms with Crippen LogP contribution in [0.4, 0.5) is 37.8 Å². The summed E-state index contributed by atoms with van der Waals surface area (Å²) in [7, 11) is -16.0. The second-order valence-corrected chi connectivity index (χ2v) is 6.89. The second-order valence-electron chi connectivity index (χ2n) is 3.12. The molecular formula is C4H7ClF9NP2. The van der Waals surface area contributed by atoms with Crippen LogP contribution in [0.15, 0.2) is 0 Å². The van der Waals surface area contributed by atoms with E-state index in [-0.39, 0.29) is 6.54 Å². The molecule has 1 heterocycles. The van der Waals surface area contributed by atoms with Crippen LogP contribution in [0.3, 0.4) is 0 Å². The van der Waals surface area contributed by atoms with Gasteiger partial charge in [0.2, 0.25) is 0 Å². The predicted molar refractivity (Wildman–Crippen MR) is 49.4 cm³/mol. The van der Waals surface area contributed by atoms with E-state index in [1.807, 2.05) is 0 Å². The van der Waals surface area contributed by atoms with Gasteiger partial charge in [0.25, 0.3) is 0 Å². The van der Waals surface area contributed by atoms with E-state index in [1.54, 1.807) is 0 Å². The van der Waals surface area contributed by atoms with Crippen LogP contribution in [-0.2, 0) is 0 Å². The Morgan fingerprint density at radius 3 is 1.47 bits per heavy atom.